The van der Waals surface area contributed by atoms with Gasteiger partial charge in [0.2, 0.25) is 0 Å². The first kappa shape index (κ1) is 15.8. The second kappa shape index (κ2) is 5.97. The number of halogens is 1. The molecule has 7 heteroatoms. The highest BCUT2D eigenvalue weighted by Crippen LogP contribution is 2.35. The molecule has 2 heterocycles. The van der Waals surface area contributed by atoms with Gasteiger partial charge in [-0.05, 0) is 24.6 Å². The van der Waals surface area contributed by atoms with Crippen molar-refractivity contribution in [2.75, 3.05) is 4.90 Å². The second-order valence-electron chi connectivity index (χ2n) is 6.14. The van der Waals surface area contributed by atoms with Crippen LogP contribution in [0.25, 0.3) is 0 Å². The zero-order valence-corrected chi connectivity index (χ0v) is 14.2. The lowest BCUT2D eigenvalue weighted by atomic mass is 10.1. The third kappa shape index (κ3) is 2.59. The Kier molecular flexibility index (Phi) is 3.77. The Morgan fingerprint density at radius 1 is 1.08 bits per heavy atom. The van der Waals surface area contributed by atoms with Gasteiger partial charge in [0.25, 0.3) is 11.8 Å². The molecule has 4 rings (SSSR count). The maximum absolute atomic E-state index is 12.9. The van der Waals surface area contributed by atoms with Crippen LogP contribution in [0.1, 0.15) is 11.1 Å². The molecule has 126 valence electrons. The predicted octanol–water partition coefficient (Wildman–Crippen LogP) is 3.14. The number of amides is 2. The molecule has 1 fully saturated rings. The summed E-state index contributed by atoms with van der Waals surface area (Å²) in [5.41, 5.74) is 2.52. The molecular formula is C18H15ClN4O2. The van der Waals surface area contributed by atoms with Crippen LogP contribution in [0.5, 0.6) is 0 Å². The van der Waals surface area contributed by atoms with Crippen LogP contribution >= 0.6 is 11.6 Å². The number of carbonyl (C=O) groups is 2. The lowest BCUT2D eigenvalue weighted by molar-refractivity contribution is -0.123. The fraction of sp³-hybridized carbons (Fsp3) is 0.222. The number of para-hydroxylation sites is 1. The zero-order chi connectivity index (χ0) is 17.6. The molecule has 0 aromatic heterocycles. The van der Waals surface area contributed by atoms with Gasteiger partial charge in [-0.2, -0.15) is 5.11 Å². The van der Waals surface area contributed by atoms with E-state index in [-0.39, 0.29) is 5.91 Å². The largest absolute Gasteiger partial charge is 0.271 e. The monoisotopic (exact) mass is 354 g/mol. The summed E-state index contributed by atoms with van der Waals surface area (Å²) < 4.78 is 0. The van der Waals surface area contributed by atoms with Gasteiger partial charge in [0.1, 0.15) is 0 Å². The number of hydrogen-bond acceptors (Lipinski definition) is 5. The van der Waals surface area contributed by atoms with E-state index in [1.807, 2.05) is 31.2 Å². The van der Waals surface area contributed by atoms with Crippen molar-refractivity contribution in [2.24, 2.45) is 10.3 Å². The second-order valence-corrected chi connectivity index (χ2v) is 6.55. The lowest BCUT2D eigenvalue weighted by Gasteiger charge is -2.21. The average molecular weight is 355 g/mol. The molecule has 2 aliphatic rings. The normalized spacial score (nSPS) is 22.0. The number of hydrogen-bond donors (Lipinski definition) is 0. The van der Waals surface area contributed by atoms with Crippen LogP contribution in [0.2, 0.25) is 5.02 Å². The third-order valence-corrected chi connectivity index (χ3v) is 4.70. The van der Waals surface area contributed by atoms with Crippen molar-refractivity contribution in [3.05, 3.63) is 64.7 Å². The van der Waals surface area contributed by atoms with Crippen molar-refractivity contribution >= 4 is 29.1 Å². The number of aryl methyl sites for hydroxylation is 1. The van der Waals surface area contributed by atoms with E-state index in [9.17, 15) is 9.59 Å². The highest BCUT2D eigenvalue weighted by Gasteiger charge is 2.55. The molecule has 2 aromatic carbocycles. The molecule has 0 N–H and O–H groups in total. The minimum Gasteiger partial charge on any atom is -0.271 e. The van der Waals surface area contributed by atoms with Crippen molar-refractivity contribution in [1.29, 1.82) is 0 Å². The first-order valence-corrected chi connectivity index (χ1v) is 8.29. The van der Waals surface area contributed by atoms with E-state index in [2.05, 4.69) is 10.3 Å². The molecular weight excluding hydrogens is 340 g/mol. The third-order valence-electron chi connectivity index (χ3n) is 4.38. The highest BCUT2D eigenvalue weighted by molar-refractivity contribution is 6.36. The van der Waals surface area contributed by atoms with E-state index >= 15 is 0 Å². The Morgan fingerprint density at radius 3 is 2.64 bits per heavy atom. The molecule has 2 aliphatic heterocycles. The van der Waals surface area contributed by atoms with Crippen molar-refractivity contribution in [3.63, 3.8) is 0 Å². The first-order chi connectivity index (χ1) is 12.1. The summed E-state index contributed by atoms with van der Waals surface area (Å²) >= 11 is 6.16. The molecule has 0 bridgehead atoms. The zero-order valence-electron chi connectivity index (χ0n) is 13.5. The predicted molar refractivity (Wildman–Crippen MR) is 93.1 cm³/mol. The van der Waals surface area contributed by atoms with Gasteiger partial charge >= 0.3 is 0 Å². The summed E-state index contributed by atoms with van der Waals surface area (Å²) in [7, 11) is 0. The quantitative estimate of drug-likeness (QED) is 0.795. The van der Waals surface area contributed by atoms with Crippen molar-refractivity contribution in [3.8, 4) is 0 Å². The molecule has 25 heavy (non-hydrogen) atoms. The lowest BCUT2D eigenvalue weighted by Crippen LogP contribution is -2.39. The smallest absolute Gasteiger partial charge is 0.263 e. The summed E-state index contributed by atoms with van der Waals surface area (Å²) in [6, 6.07) is 13.2. The Morgan fingerprint density at radius 2 is 1.88 bits per heavy atom. The Hall–Kier alpha value is -2.73. The van der Waals surface area contributed by atoms with Gasteiger partial charge in [-0.3, -0.25) is 14.6 Å². The molecule has 2 aromatic rings. The van der Waals surface area contributed by atoms with Crippen LogP contribution in [0.3, 0.4) is 0 Å². The average Bonchev–Trinajstić information content (AvgIpc) is 3.10. The number of carbonyl (C=O) groups excluding carboxylic acids is 2. The minimum atomic E-state index is -0.811. The maximum Gasteiger partial charge on any atom is 0.263 e. The SMILES string of the molecule is Cc1cccc(CN2N=N[C@H]3C(=O)N(c4ccccc4Cl)C(=O)[C@@H]32)c1. The molecule has 2 atom stereocenters. The van der Waals surface area contributed by atoms with Crippen LogP contribution in [-0.4, -0.2) is 28.9 Å². The summed E-state index contributed by atoms with van der Waals surface area (Å²) in [5, 5.41) is 10.0. The van der Waals surface area contributed by atoms with Gasteiger partial charge in [0, 0.05) is 0 Å². The van der Waals surface area contributed by atoms with Gasteiger partial charge in [0.05, 0.1) is 17.3 Å². The van der Waals surface area contributed by atoms with E-state index in [4.69, 9.17) is 11.6 Å². The molecule has 0 unspecified atom stereocenters. The highest BCUT2D eigenvalue weighted by atomic mass is 35.5. The van der Waals surface area contributed by atoms with Crippen molar-refractivity contribution in [2.45, 2.75) is 25.6 Å². The van der Waals surface area contributed by atoms with Gasteiger partial charge in [0.15, 0.2) is 12.1 Å². The van der Waals surface area contributed by atoms with Gasteiger partial charge in [-0.1, -0.05) is 58.8 Å². The molecule has 1 saturated heterocycles. The first-order valence-electron chi connectivity index (χ1n) is 7.91. The molecule has 0 aliphatic carbocycles. The molecule has 2 amide bonds. The summed E-state index contributed by atoms with van der Waals surface area (Å²) in [6.45, 7) is 2.42. The van der Waals surface area contributed by atoms with E-state index < -0.39 is 18.0 Å². The Bertz CT molecular complexity index is 898. The van der Waals surface area contributed by atoms with Crippen LogP contribution in [0, 0.1) is 6.92 Å². The fourth-order valence-corrected chi connectivity index (χ4v) is 3.44. The van der Waals surface area contributed by atoms with Crippen LogP contribution in [-0.2, 0) is 16.1 Å². The standard InChI is InChI=1S/C18H15ClN4O2/c1-11-5-4-6-12(9-11)10-22-16-15(20-21-22)17(24)23(18(16)25)14-8-3-2-7-13(14)19/h2-9,15-16H,10H2,1H3/t15-,16-/m1/s1. The summed E-state index contributed by atoms with van der Waals surface area (Å²) in [4.78, 5) is 26.7. The van der Waals surface area contributed by atoms with E-state index in [0.717, 1.165) is 16.0 Å². The number of anilines is 1. The van der Waals surface area contributed by atoms with Crippen LogP contribution < -0.4 is 4.90 Å². The summed E-state index contributed by atoms with van der Waals surface area (Å²) in [6.07, 6.45) is 0. The Labute approximate surface area is 149 Å². The van der Waals surface area contributed by atoms with Crippen molar-refractivity contribution < 1.29 is 9.59 Å². The van der Waals surface area contributed by atoms with Crippen molar-refractivity contribution in [1.82, 2.24) is 5.01 Å². The minimum absolute atomic E-state index is 0.347. The van der Waals surface area contributed by atoms with Gasteiger partial charge in [-0.25, -0.2) is 4.90 Å². The topological polar surface area (TPSA) is 65.3 Å². The maximum atomic E-state index is 12.9. The number of nitrogens with zero attached hydrogens (tertiary/aromatic N) is 4. The molecule has 0 saturated carbocycles. The van der Waals surface area contributed by atoms with E-state index in [0.29, 0.717) is 17.3 Å². The van der Waals surface area contributed by atoms with E-state index in [1.54, 1.807) is 29.3 Å². The van der Waals surface area contributed by atoms with Crippen LogP contribution in [0.4, 0.5) is 5.69 Å². The van der Waals surface area contributed by atoms with Crippen LogP contribution in [0.15, 0.2) is 58.9 Å². The van der Waals surface area contributed by atoms with Gasteiger partial charge in [-0.15, -0.1) is 0 Å². The number of imide groups is 1. The van der Waals surface area contributed by atoms with Gasteiger partial charge < -0.3 is 0 Å². The fourth-order valence-electron chi connectivity index (χ4n) is 3.22. The van der Waals surface area contributed by atoms with E-state index in [1.165, 1.54) is 0 Å². The molecule has 0 spiro atoms. The number of fused-ring (bicyclic) bond motifs is 1. The summed E-state index contributed by atoms with van der Waals surface area (Å²) in [5.74, 6) is -0.737. The number of rotatable bonds is 3. The number of benzene rings is 2. The molecule has 0 radical (unpaired) electrons. The molecule has 6 nitrogen and oxygen atoms in total. The Balaban J connectivity index is 1.63.